The molecule has 10 nitrogen and oxygen atoms in total. The Morgan fingerprint density at radius 2 is 1.94 bits per heavy atom. The van der Waals surface area contributed by atoms with Gasteiger partial charge in [-0.3, -0.25) is 4.79 Å². The van der Waals surface area contributed by atoms with Gasteiger partial charge in [-0.05, 0) is 30.8 Å². The van der Waals surface area contributed by atoms with Crippen LogP contribution in [0.3, 0.4) is 0 Å². The van der Waals surface area contributed by atoms with Gasteiger partial charge in [-0.15, -0.1) is 0 Å². The predicted molar refractivity (Wildman–Crippen MR) is 133 cm³/mol. The lowest BCUT2D eigenvalue weighted by Crippen LogP contribution is -2.55. The summed E-state index contributed by atoms with van der Waals surface area (Å²) in [4.78, 5) is 36.3. The van der Waals surface area contributed by atoms with Crippen molar-refractivity contribution < 1.29 is 19.1 Å². The zero-order valence-corrected chi connectivity index (χ0v) is 19.6. The summed E-state index contributed by atoms with van der Waals surface area (Å²) in [6.45, 7) is 0.726. The van der Waals surface area contributed by atoms with Gasteiger partial charge in [0.05, 0.1) is 24.0 Å². The molecule has 5 heterocycles. The smallest absolute Gasteiger partial charge is 0.332 e. The first-order chi connectivity index (χ1) is 17.5. The fourth-order valence-electron chi connectivity index (χ4n) is 5.73. The SMILES string of the molecule is N#Cc1ncc(N2C(=O)[C@@H]3[C@@H]4C[C@@H](CN4C(=S)Nc4ccc5c(c4)OCO5)N3C2=O)c2ccccc12. The highest BCUT2D eigenvalue weighted by atomic mass is 32.1. The van der Waals surface area contributed by atoms with E-state index in [2.05, 4.69) is 16.4 Å². The molecule has 2 bridgehead atoms. The number of hydrogen-bond acceptors (Lipinski definition) is 7. The van der Waals surface area contributed by atoms with E-state index in [9.17, 15) is 14.9 Å². The van der Waals surface area contributed by atoms with Crippen LogP contribution in [0.15, 0.2) is 48.7 Å². The van der Waals surface area contributed by atoms with Gasteiger partial charge in [0.1, 0.15) is 17.8 Å². The van der Waals surface area contributed by atoms with E-state index < -0.39 is 6.04 Å². The highest BCUT2D eigenvalue weighted by Gasteiger charge is 2.62. The number of rotatable bonds is 2. The molecule has 11 heteroatoms. The fourth-order valence-corrected chi connectivity index (χ4v) is 6.05. The number of fused-ring (bicyclic) bond motifs is 7. The van der Waals surface area contributed by atoms with Crippen LogP contribution in [0.5, 0.6) is 11.5 Å². The average Bonchev–Trinajstić information content (AvgIpc) is 3.66. The third-order valence-electron chi connectivity index (χ3n) is 7.27. The van der Waals surface area contributed by atoms with Crippen molar-refractivity contribution in [3.63, 3.8) is 0 Å². The van der Waals surface area contributed by atoms with Crippen molar-refractivity contribution in [2.24, 2.45) is 0 Å². The van der Waals surface area contributed by atoms with Crippen LogP contribution in [-0.4, -0.2) is 63.3 Å². The minimum atomic E-state index is -0.637. The summed E-state index contributed by atoms with van der Waals surface area (Å²) in [6.07, 6.45) is 2.11. The van der Waals surface area contributed by atoms with Crippen LogP contribution < -0.4 is 19.7 Å². The molecule has 4 aliphatic rings. The lowest BCUT2D eigenvalue weighted by molar-refractivity contribution is -0.120. The number of likely N-dealkylation sites (tertiary alicyclic amines) is 1. The number of nitriles is 1. The molecule has 0 spiro atoms. The summed E-state index contributed by atoms with van der Waals surface area (Å²) in [6, 6.07) is 13.4. The molecule has 3 aromatic rings. The first-order valence-electron chi connectivity index (χ1n) is 11.5. The predicted octanol–water partition coefficient (Wildman–Crippen LogP) is 2.83. The monoisotopic (exact) mass is 498 g/mol. The summed E-state index contributed by atoms with van der Waals surface area (Å²) >= 11 is 5.70. The van der Waals surface area contributed by atoms with Crippen molar-refractivity contribution in [2.75, 3.05) is 23.6 Å². The largest absolute Gasteiger partial charge is 0.454 e. The molecule has 7 rings (SSSR count). The quantitative estimate of drug-likeness (QED) is 0.421. The van der Waals surface area contributed by atoms with Crippen LogP contribution in [0.4, 0.5) is 16.2 Å². The summed E-state index contributed by atoms with van der Waals surface area (Å²) in [5.74, 6) is 1.02. The van der Waals surface area contributed by atoms with Gasteiger partial charge in [0.2, 0.25) is 6.79 Å². The van der Waals surface area contributed by atoms with E-state index in [1.807, 2.05) is 29.2 Å². The Labute approximate surface area is 210 Å². The number of nitrogens with zero attached hydrogens (tertiary/aromatic N) is 5. The summed E-state index contributed by atoms with van der Waals surface area (Å²) in [7, 11) is 0. The molecule has 1 aromatic heterocycles. The van der Waals surface area contributed by atoms with Gasteiger partial charge in [0.15, 0.2) is 16.6 Å². The van der Waals surface area contributed by atoms with Crippen molar-refractivity contribution in [2.45, 2.75) is 24.5 Å². The number of pyridine rings is 1. The number of benzene rings is 2. The molecular formula is C25H18N6O4S. The highest BCUT2D eigenvalue weighted by Crippen LogP contribution is 2.44. The van der Waals surface area contributed by atoms with E-state index in [1.54, 1.807) is 23.1 Å². The number of carbonyl (C=O) groups excluding carboxylic acids is 2. The number of ether oxygens (including phenoxy) is 2. The van der Waals surface area contributed by atoms with Gasteiger partial charge < -0.3 is 24.6 Å². The number of hydrogen-bond donors (Lipinski definition) is 1. The standard InChI is InChI=1S/C25H18N6O4S/c26-9-17-15-3-1-2-4-16(15)19(10-27-17)31-23(32)22-18-8-14(30(22)25(31)33)11-29(18)24(36)28-13-5-6-20-21(7-13)35-12-34-20/h1-7,10,14,18,22H,8,11-12H2,(H,28,36)/t14-,18-,22-/m0/s1. The molecule has 0 radical (unpaired) electrons. The Bertz CT molecular complexity index is 1540. The van der Waals surface area contributed by atoms with E-state index in [0.29, 0.717) is 46.0 Å². The summed E-state index contributed by atoms with van der Waals surface area (Å²) in [5, 5.41) is 14.4. The van der Waals surface area contributed by atoms with Crippen molar-refractivity contribution in [1.82, 2.24) is 14.8 Å². The molecule has 1 N–H and O–H groups in total. The molecule has 0 aliphatic carbocycles. The van der Waals surface area contributed by atoms with E-state index >= 15 is 0 Å². The maximum atomic E-state index is 13.7. The van der Waals surface area contributed by atoms with Crippen LogP contribution >= 0.6 is 12.2 Å². The van der Waals surface area contributed by atoms with Crippen molar-refractivity contribution >= 4 is 51.4 Å². The molecular weight excluding hydrogens is 480 g/mol. The number of amides is 3. The molecule has 4 aliphatic heterocycles. The van der Waals surface area contributed by atoms with Crippen molar-refractivity contribution in [3.8, 4) is 17.6 Å². The summed E-state index contributed by atoms with van der Waals surface area (Å²) in [5.41, 5.74) is 1.40. The van der Waals surface area contributed by atoms with E-state index in [4.69, 9.17) is 21.7 Å². The Hall–Kier alpha value is -4.43. The second kappa shape index (κ2) is 7.53. The number of aromatic nitrogens is 1. The lowest BCUT2D eigenvalue weighted by Gasteiger charge is -2.36. The average molecular weight is 499 g/mol. The highest BCUT2D eigenvalue weighted by molar-refractivity contribution is 7.80. The first kappa shape index (κ1) is 20.9. The molecule has 0 unspecified atom stereocenters. The van der Waals surface area contributed by atoms with Crippen LogP contribution in [-0.2, 0) is 4.79 Å². The zero-order valence-electron chi connectivity index (χ0n) is 18.7. The third-order valence-corrected chi connectivity index (χ3v) is 7.61. The van der Waals surface area contributed by atoms with Gasteiger partial charge >= 0.3 is 6.03 Å². The normalized spacial score (nSPS) is 23.4. The topological polar surface area (TPSA) is 111 Å². The maximum Gasteiger partial charge on any atom is 0.332 e. The van der Waals surface area contributed by atoms with Crippen LogP contribution in [0, 0.1) is 11.3 Å². The maximum absolute atomic E-state index is 13.7. The van der Waals surface area contributed by atoms with E-state index in [0.717, 1.165) is 5.69 Å². The van der Waals surface area contributed by atoms with Crippen LogP contribution in [0.25, 0.3) is 10.8 Å². The number of imide groups is 1. The molecule has 36 heavy (non-hydrogen) atoms. The minimum absolute atomic E-state index is 0.129. The number of carbonyl (C=O) groups is 2. The Morgan fingerprint density at radius 1 is 1.14 bits per heavy atom. The second-order valence-electron chi connectivity index (χ2n) is 9.07. The number of anilines is 2. The first-order valence-corrected chi connectivity index (χ1v) is 11.9. The van der Waals surface area contributed by atoms with Gasteiger partial charge in [-0.1, -0.05) is 24.3 Å². The van der Waals surface area contributed by atoms with E-state index in [-0.39, 0.29) is 36.5 Å². The van der Waals surface area contributed by atoms with Gasteiger partial charge in [0.25, 0.3) is 5.91 Å². The molecule has 178 valence electrons. The number of urea groups is 1. The van der Waals surface area contributed by atoms with Crippen molar-refractivity contribution in [1.29, 1.82) is 5.26 Å². The van der Waals surface area contributed by atoms with Crippen LogP contribution in [0.2, 0.25) is 0 Å². The Balaban J connectivity index is 1.17. The zero-order chi connectivity index (χ0) is 24.6. The third kappa shape index (κ3) is 2.82. The molecule has 0 saturated carbocycles. The molecule has 3 amide bonds. The molecule has 3 atom stereocenters. The second-order valence-corrected chi connectivity index (χ2v) is 9.45. The Kier molecular flexibility index (Phi) is 4.37. The minimum Gasteiger partial charge on any atom is -0.454 e. The fraction of sp³-hybridized carbons (Fsp3) is 0.240. The number of nitrogens with one attached hydrogen (secondary N) is 1. The van der Waals surface area contributed by atoms with Gasteiger partial charge in [0, 0.05) is 29.1 Å². The number of piperazine rings is 1. The van der Waals surface area contributed by atoms with E-state index in [1.165, 1.54) is 11.1 Å². The summed E-state index contributed by atoms with van der Waals surface area (Å²) < 4.78 is 10.8. The number of thiocarbonyl (C=S) groups is 1. The van der Waals surface area contributed by atoms with Gasteiger partial charge in [-0.2, -0.15) is 5.26 Å². The van der Waals surface area contributed by atoms with Crippen molar-refractivity contribution in [3.05, 3.63) is 54.4 Å². The Morgan fingerprint density at radius 3 is 2.78 bits per heavy atom. The molecule has 3 saturated heterocycles. The van der Waals surface area contributed by atoms with Gasteiger partial charge in [-0.25, -0.2) is 14.7 Å². The molecule has 2 aromatic carbocycles. The lowest BCUT2D eigenvalue weighted by atomic mass is 10.1. The molecule has 3 fully saturated rings. The van der Waals surface area contributed by atoms with Crippen LogP contribution in [0.1, 0.15) is 12.1 Å².